The highest BCUT2D eigenvalue weighted by molar-refractivity contribution is 5.76. The van der Waals surface area contributed by atoms with Gasteiger partial charge in [0, 0.05) is 32.6 Å². The van der Waals surface area contributed by atoms with E-state index in [1.807, 2.05) is 4.90 Å². The molecule has 1 atom stereocenters. The van der Waals surface area contributed by atoms with Gasteiger partial charge in [0.25, 0.3) is 0 Å². The standard InChI is InChI=1S/C15H27N3O3/c19-14(5-9-17-6-1-2-7-17)18-8-3-4-13(12-18)10-16-11-15(20)21/h13,16H,1-12H2,(H,20,21). The topological polar surface area (TPSA) is 72.9 Å². The van der Waals surface area contributed by atoms with Crippen molar-refractivity contribution < 1.29 is 14.7 Å². The molecule has 0 saturated carbocycles. The van der Waals surface area contributed by atoms with Crippen LogP contribution in [0.4, 0.5) is 0 Å². The predicted octanol–water partition coefficient (Wildman–Crippen LogP) is 0.385. The van der Waals surface area contributed by atoms with Gasteiger partial charge in [0.15, 0.2) is 0 Å². The molecule has 2 fully saturated rings. The summed E-state index contributed by atoms with van der Waals surface area (Å²) in [5.74, 6) is -0.192. The van der Waals surface area contributed by atoms with Gasteiger partial charge in [-0.15, -0.1) is 0 Å². The molecule has 6 nitrogen and oxygen atoms in total. The second-order valence-corrected chi connectivity index (χ2v) is 6.17. The fourth-order valence-electron chi connectivity index (χ4n) is 3.26. The molecule has 6 heteroatoms. The molecule has 2 N–H and O–H groups in total. The highest BCUT2D eigenvalue weighted by Gasteiger charge is 2.24. The fraction of sp³-hybridized carbons (Fsp3) is 0.867. The number of carbonyl (C=O) groups is 2. The molecule has 120 valence electrons. The van der Waals surface area contributed by atoms with Crippen molar-refractivity contribution in [1.82, 2.24) is 15.1 Å². The number of nitrogens with one attached hydrogen (secondary N) is 1. The molecule has 0 radical (unpaired) electrons. The minimum Gasteiger partial charge on any atom is -0.480 e. The molecule has 1 unspecified atom stereocenters. The van der Waals surface area contributed by atoms with E-state index in [4.69, 9.17) is 5.11 Å². The monoisotopic (exact) mass is 297 g/mol. The Balaban J connectivity index is 1.66. The van der Waals surface area contributed by atoms with Crippen molar-refractivity contribution in [2.75, 3.05) is 45.8 Å². The van der Waals surface area contributed by atoms with Gasteiger partial charge < -0.3 is 20.2 Å². The molecule has 0 aliphatic carbocycles. The highest BCUT2D eigenvalue weighted by atomic mass is 16.4. The summed E-state index contributed by atoms with van der Waals surface area (Å²) in [6, 6.07) is 0. The first-order valence-corrected chi connectivity index (χ1v) is 8.08. The Morgan fingerprint density at radius 3 is 2.62 bits per heavy atom. The summed E-state index contributed by atoms with van der Waals surface area (Å²) < 4.78 is 0. The largest absolute Gasteiger partial charge is 0.480 e. The van der Waals surface area contributed by atoms with Crippen molar-refractivity contribution >= 4 is 11.9 Å². The molecule has 1 amide bonds. The number of rotatable bonds is 7. The van der Waals surface area contributed by atoms with Crippen LogP contribution in [0.15, 0.2) is 0 Å². The SMILES string of the molecule is O=C(O)CNCC1CCCN(C(=O)CCN2CCCC2)C1. The Morgan fingerprint density at radius 2 is 1.90 bits per heavy atom. The Labute approximate surface area is 126 Å². The third-order valence-corrected chi connectivity index (χ3v) is 4.42. The predicted molar refractivity (Wildman–Crippen MR) is 80.1 cm³/mol. The normalized spacial score (nSPS) is 23.4. The van der Waals surface area contributed by atoms with E-state index in [1.54, 1.807) is 0 Å². The summed E-state index contributed by atoms with van der Waals surface area (Å²) in [5, 5.41) is 11.6. The van der Waals surface area contributed by atoms with Gasteiger partial charge in [-0.2, -0.15) is 0 Å². The maximum Gasteiger partial charge on any atom is 0.317 e. The molecule has 0 aromatic rings. The number of carboxylic acid groups (broad SMARTS) is 1. The Bertz CT molecular complexity index is 356. The van der Waals surface area contributed by atoms with Crippen LogP contribution in [0.1, 0.15) is 32.1 Å². The van der Waals surface area contributed by atoms with E-state index >= 15 is 0 Å². The third-order valence-electron chi connectivity index (χ3n) is 4.42. The molecule has 0 aromatic heterocycles. The Hall–Kier alpha value is -1.14. The van der Waals surface area contributed by atoms with Crippen LogP contribution >= 0.6 is 0 Å². The lowest BCUT2D eigenvalue weighted by molar-refractivity contribution is -0.136. The second-order valence-electron chi connectivity index (χ2n) is 6.17. The van der Waals surface area contributed by atoms with Crippen LogP contribution < -0.4 is 5.32 Å². The van der Waals surface area contributed by atoms with Gasteiger partial charge in [0.2, 0.25) is 5.91 Å². The molecule has 0 aromatic carbocycles. The summed E-state index contributed by atoms with van der Waals surface area (Å²) in [4.78, 5) is 27.1. The zero-order valence-electron chi connectivity index (χ0n) is 12.7. The van der Waals surface area contributed by atoms with E-state index in [2.05, 4.69) is 10.2 Å². The number of nitrogens with zero attached hydrogens (tertiary/aromatic N) is 2. The number of hydrogen-bond donors (Lipinski definition) is 2. The number of hydrogen-bond acceptors (Lipinski definition) is 4. The molecule has 0 bridgehead atoms. The van der Waals surface area contributed by atoms with Crippen LogP contribution in [0.5, 0.6) is 0 Å². The highest BCUT2D eigenvalue weighted by Crippen LogP contribution is 2.17. The third kappa shape index (κ3) is 5.63. The molecule has 2 rings (SSSR count). The van der Waals surface area contributed by atoms with Crippen molar-refractivity contribution in [3.05, 3.63) is 0 Å². The van der Waals surface area contributed by atoms with E-state index in [0.29, 0.717) is 18.9 Å². The zero-order valence-corrected chi connectivity index (χ0v) is 12.7. The molecule has 2 aliphatic heterocycles. The molecule has 2 heterocycles. The fourth-order valence-corrected chi connectivity index (χ4v) is 3.26. The zero-order chi connectivity index (χ0) is 15.1. The van der Waals surface area contributed by atoms with Gasteiger partial charge >= 0.3 is 5.97 Å². The van der Waals surface area contributed by atoms with Crippen LogP contribution in [-0.2, 0) is 9.59 Å². The molecular weight excluding hydrogens is 270 g/mol. The Kier molecular flexibility index (Phi) is 6.45. The van der Waals surface area contributed by atoms with Crippen molar-refractivity contribution in [2.45, 2.75) is 32.1 Å². The average molecular weight is 297 g/mol. The lowest BCUT2D eigenvalue weighted by Crippen LogP contribution is -2.44. The number of piperidine rings is 1. The van der Waals surface area contributed by atoms with Crippen LogP contribution in [0.25, 0.3) is 0 Å². The van der Waals surface area contributed by atoms with Crippen molar-refractivity contribution in [3.63, 3.8) is 0 Å². The number of aliphatic carboxylic acids is 1. The van der Waals surface area contributed by atoms with Gasteiger partial charge in [-0.05, 0) is 44.7 Å². The lowest BCUT2D eigenvalue weighted by atomic mass is 9.97. The summed E-state index contributed by atoms with van der Waals surface area (Å²) in [6.07, 6.45) is 5.23. The number of carboxylic acids is 1. The maximum absolute atomic E-state index is 12.3. The number of amides is 1. The van der Waals surface area contributed by atoms with E-state index in [-0.39, 0.29) is 12.5 Å². The summed E-state index contributed by atoms with van der Waals surface area (Å²) in [7, 11) is 0. The van der Waals surface area contributed by atoms with E-state index in [1.165, 1.54) is 12.8 Å². The minimum absolute atomic E-state index is 0.000589. The molecular formula is C15H27N3O3. The molecule has 0 spiro atoms. The first kappa shape index (κ1) is 16.2. The van der Waals surface area contributed by atoms with Crippen LogP contribution in [0, 0.1) is 5.92 Å². The molecule has 21 heavy (non-hydrogen) atoms. The van der Waals surface area contributed by atoms with Crippen LogP contribution in [0.2, 0.25) is 0 Å². The summed E-state index contributed by atoms with van der Waals surface area (Å²) in [6.45, 7) is 5.46. The smallest absolute Gasteiger partial charge is 0.317 e. The van der Waals surface area contributed by atoms with Gasteiger partial charge in [-0.3, -0.25) is 9.59 Å². The van der Waals surface area contributed by atoms with Crippen molar-refractivity contribution in [2.24, 2.45) is 5.92 Å². The van der Waals surface area contributed by atoms with Gasteiger partial charge in [-0.25, -0.2) is 0 Å². The summed E-state index contributed by atoms with van der Waals surface area (Å²) in [5.41, 5.74) is 0. The molecule has 2 aliphatic rings. The van der Waals surface area contributed by atoms with Crippen molar-refractivity contribution in [3.8, 4) is 0 Å². The quantitative estimate of drug-likeness (QED) is 0.711. The Morgan fingerprint density at radius 1 is 1.14 bits per heavy atom. The van der Waals surface area contributed by atoms with Gasteiger partial charge in [0.1, 0.15) is 0 Å². The van der Waals surface area contributed by atoms with Crippen LogP contribution in [0.3, 0.4) is 0 Å². The van der Waals surface area contributed by atoms with E-state index < -0.39 is 5.97 Å². The maximum atomic E-state index is 12.3. The molecule has 2 saturated heterocycles. The number of carbonyl (C=O) groups excluding carboxylic acids is 1. The number of likely N-dealkylation sites (tertiary alicyclic amines) is 2. The van der Waals surface area contributed by atoms with E-state index in [9.17, 15) is 9.59 Å². The summed E-state index contributed by atoms with van der Waals surface area (Å²) >= 11 is 0. The van der Waals surface area contributed by atoms with E-state index in [0.717, 1.165) is 45.6 Å². The van der Waals surface area contributed by atoms with Crippen molar-refractivity contribution in [1.29, 1.82) is 0 Å². The average Bonchev–Trinajstić information content (AvgIpc) is 2.98. The van der Waals surface area contributed by atoms with Gasteiger partial charge in [-0.1, -0.05) is 0 Å². The van der Waals surface area contributed by atoms with Gasteiger partial charge in [0.05, 0.1) is 6.54 Å². The second kappa shape index (κ2) is 8.34. The first-order chi connectivity index (χ1) is 10.1. The van der Waals surface area contributed by atoms with Crippen LogP contribution in [-0.4, -0.2) is 72.6 Å². The lowest BCUT2D eigenvalue weighted by Gasteiger charge is -2.33. The first-order valence-electron chi connectivity index (χ1n) is 8.08. The minimum atomic E-state index is -0.829.